The largest absolute Gasteiger partial charge is 0.497 e. The molecule has 0 atom stereocenters. The molecule has 3 aromatic carbocycles. The predicted octanol–water partition coefficient (Wildman–Crippen LogP) is 5.48. The van der Waals surface area contributed by atoms with Gasteiger partial charge >= 0.3 is 6.03 Å². The van der Waals surface area contributed by atoms with E-state index in [2.05, 4.69) is 15.6 Å². The second-order valence-electron chi connectivity index (χ2n) is 7.42. The SMILES string of the molecule is COc1ccc(-c2nc(CCNC(=O)Nc3ccccc3N(C)c3ccccc3)co2)cc1. The predicted molar refractivity (Wildman–Crippen MR) is 130 cm³/mol. The fourth-order valence-corrected chi connectivity index (χ4v) is 3.42. The van der Waals surface area contributed by atoms with E-state index in [1.165, 1.54) is 0 Å². The first kappa shape index (κ1) is 22.0. The highest BCUT2D eigenvalue weighted by Crippen LogP contribution is 2.30. The number of nitrogens with zero attached hydrogens (tertiary/aromatic N) is 2. The minimum Gasteiger partial charge on any atom is -0.497 e. The molecule has 7 heteroatoms. The van der Waals surface area contributed by atoms with Crippen LogP contribution in [0.25, 0.3) is 11.5 Å². The average molecular weight is 443 g/mol. The van der Waals surface area contributed by atoms with E-state index in [1.54, 1.807) is 13.4 Å². The van der Waals surface area contributed by atoms with Gasteiger partial charge in [0.25, 0.3) is 0 Å². The van der Waals surface area contributed by atoms with Crippen molar-refractivity contribution in [2.45, 2.75) is 6.42 Å². The number of para-hydroxylation sites is 3. The van der Waals surface area contributed by atoms with Crippen molar-refractivity contribution < 1.29 is 13.9 Å². The molecule has 2 N–H and O–H groups in total. The summed E-state index contributed by atoms with van der Waals surface area (Å²) in [5.74, 6) is 1.31. The van der Waals surface area contributed by atoms with Gasteiger partial charge in [0.2, 0.25) is 5.89 Å². The summed E-state index contributed by atoms with van der Waals surface area (Å²) in [6, 6.07) is 24.9. The number of rotatable bonds is 8. The first-order chi connectivity index (χ1) is 16.1. The molecule has 7 nitrogen and oxygen atoms in total. The lowest BCUT2D eigenvalue weighted by Crippen LogP contribution is -2.31. The van der Waals surface area contributed by atoms with Crippen LogP contribution in [0, 0.1) is 0 Å². The van der Waals surface area contributed by atoms with Crippen LogP contribution in [-0.2, 0) is 6.42 Å². The summed E-state index contributed by atoms with van der Waals surface area (Å²) in [6.45, 7) is 0.428. The maximum absolute atomic E-state index is 12.5. The van der Waals surface area contributed by atoms with Gasteiger partial charge in [-0.25, -0.2) is 9.78 Å². The van der Waals surface area contributed by atoms with Crippen LogP contribution in [0.3, 0.4) is 0 Å². The zero-order chi connectivity index (χ0) is 23.0. The Morgan fingerprint density at radius 2 is 1.73 bits per heavy atom. The second kappa shape index (κ2) is 10.4. The lowest BCUT2D eigenvalue weighted by molar-refractivity contribution is 0.252. The van der Waals surface area contributed by atoms with Crippen LogP contribution in [0.5, 0.6) is 5.75 Å². The molecule has 0 radical (unpaired) electrons. The van der Waals surface area contributed by atoms with E-state index in [9.17, 15) is 4.79 Å². The van der Waals surface area contributed by atoms with Crippen molar-refractivity contribution in [1.82, 2.24) is 10.3 Å². The molecule has 0 fully saturated rings. The quantitative estimate of drug-likeness (QED) is 0.378. The molecule has 168 valence electrons. The summed E-state index contributed by atoms with van der Waals surface area (Å²) in [6.07, 6.45) is 2.17. The van der Waals surface area contributed by atoms with Gasteiger partial charge < -0.3 is 24.7 Å². The normalized spacial score (nSPS) is 10.5. The highest BCUT2D eigenvalue weighted by Gasteiger charge is 2.12. The molecule has 0 saturated carbocycles. The third-order valence-corrected chi connectivity index (χ3v) is 5.21. The van der Waals surface area contributed by atoms with Crippen molar-refractivity contribution >= 4 is 23.1 Å². The van der Waals surface area contributed by atoms with E-state index < -0.39 is 0 Å². The van der Waals surface area contributed by atoms with E-state index in [0.29, 0.717) is 18.9 Å². The summed E-state index contributed by atoms with van der Waals surface area (Å²) in [5, 5.41) is 5.82. The third-order valence-electron chi connectivity index (χ3n) is 5.21. The molecule has 0 spiro atoms. The number of benzene rings is 3. The Morgan fingerprint density at radius 1 is 1.00 bits per heavy atom. The number of oxazole rings is 1. The van der Waals surface area contributed by atoms with Crippen LogP contribution in [0.1, 0.15) is 5.69 Å². The number of methoxy groups -OCH3 is 1. The van der Waals surface area contributed by atoms with E-state index >= 15 is 0 Å². The van der Waals surface area contributed by atoms with Crippen molar-refractivity contribution in [3.05, 3.63) is 90.8 Å². The van der Waals surface area contributed by atoms with Gasteiger partial charge in [0.15, 0.2) is 0 Å². The van der Waals surface area contributed by atoms with Gasteiger partial charge in [-0.3, -0.25) is 0 Å². The van der Waals surface area contributed by atoms with Gasteiger partial charge in [-0.2, -0.15) is 0 Å². The molecule has 1 aromatic heterocycles. The van der Waals surface area contributed by atoms with E-state index in [4.69, 9.17) is 9.15 Å². The Hall–Kier alpha value is -4.26. The number of urea groups is 1. The highest BCUT2D eigenvalue weighted by molar-refractivity contribution is 5.94. The van der Waals surface area contributed by atoms with Gasteiger partial charge in [-0.15, -0.1) is 0 Å². The Bertz CT molecular complexity index is 1190. The summed E-state index contributed by atoms with van der Waals surface area (Å²) < 4.78 is 10.7. The topological polar surface area (TPSA) is 79.6 Å². The summed E-state index contributed by atoms with van der Waals surface area (Å²) in [4.78, 5) is 19.0. The molecular formula is C26H26N4O3. The maximum atomic E-state index is 12.5. The summed E-state index contributed by atoms with van der Waals surface area (Å²) in [7, 11) is 3.60. The third kappa shape index (κ3) is 5.51. The Kier molecular flexibility index (Phi) is 6.90. The van der Waals surface area contributed by atoms with E-state index in [1.807, 2.05) is 90.8 Å². The molecule has 2 amide bonds. The van der Waals surface area contributed by atoms with Gasteiger partial charge in [-0.1, -0.05) is 30.3 Å². The number of ether oxygens (including phenoxy) is 1. The zero-order valence-electron chi connectivity index (χ0n) is 18.6. The number of hydrogen-bond acceptors (Lipinski definition) is 5. The second-order valence-corrected chi connectivity index (χ2v) is 7.42. The standard InChI is InChI=1S/C26H26N4O3/c1-30(21-8-4-3-5-9-21)24-11-7-6-10-23(24)29-26(31)27-17-16-20-18-33-25(28-20)19-12-14-22(32-2)15-13-19/h3-15,18H,16-17H2,1-2H3,(H2,27,29,31). The van der Waals surface area contributed by atoms with Gasteiger partial charge in [-0.05, 0) is 48.5 Å². The molecule has 4 rings (SSSR count). The molecule has 0 saturated heterocycles. The molecule has 0 aliphatic rings. The summed E-state index contributed by atoms with van der Waals surface area (Å²) in [5.41, 5.74) is 4.30. The molecule has 0 bridgehead atoms. The van der Waals surface area contributed by atoms with Gasteiger partial charge in [0, 0.05) is 31.3 Å². The monoisotopic (exact) mass is 442 g/mol. The average Bonchev–Trinajstić information content (AvgIpc) is 3.33. The molecule has 0 unspecified atom stereocenters. The van der Waals surface area contributed by atoms with Crippen LogP contribution >= 0.6 is 0 Å². The van der Waals surface area contributed by atoms with Crippen LogP contribution in [0.4, 0.5) is 21.9 Å². The van der Waals surface area contributed by atoms with Crippen LogP contribution in [-0.4, -0.2) is 31.7 Å². The van der Waals surface area contributed by atoms with Crippen LogP contribution in [0.2, 0.25) is 0 Å². The van der Waals surface area contributed by atoms with Gasteiger partial charge in [0.05, 0.1) is 24.2 Å². The maximum Gasteiger partial charge on any atom is 0.319 e. The van der Waals surface area contributed by atoms with Crippen LogP contribution in [0.15, 0.2) is 89.5 Å². The van der Waals surface area contributed by atoms with Crippen molar-refractivity contribution in [3.63, 3.8) is 0 Å². The fraction of sp³-hybridized carbons (Fsp3) is 0.154. The summed E-state index contributed by atoms with van der Waals surface area (Å²) >= 11 is 0. The number of carbonyl (C=O) groups excluding carboxylic acids is 1. The van der Waals surface area contributed by atoms with Crippen molar-refractivity contribution in [1.29, 1.82) is 0 Å². The van der Waals surface area contributed by atoms with Crippen molar-refractivity contribution in [2.75, 3.05) is 30.9 Å². The minimum absolute atomic E-state index is 0.275. The Balaban J connectivity index is 1.32. The van der Waals surface area contributed by atoms with Crippen LogP contribution < -0.4 is 20.3 Å². The molecule has 1 heterocycles. The van der Waals surface area contributed by atoms with E-state index in [-0.39, 0.29) is 6.03 Å². The van der Waals surface area contributed by atoms with Crippen molar-refractivity contribution in [2.24, 2.45) is 0 Å². The fourth-order valence-electron chi connectivity index (χ4n) is 3.42. The number of anilines is 3. The Morgan fingerprint density at radius 3 is 2.48 bits per heavy atom. The first-order valence-electron chi connectivity index (χ1n) is 10.7. The highest BCUT2D eigenvalue weighted by atomic mass is 16.5. The number of carbonyl (C=O) groups is 1. The number of hydrogen-bond donors (Lipinski definition) is 2. The van der Waals surface area contributed by atoms with E-state index in [0.717, 1.165) is 34.1 Å². The molecule has 4 aromatic rings. The molecule has 0 aliphatic heterocycles. The number of amides is 2. The lowest BCUT2D eigenvalue weighted by Gasteiger charge is -2.22. The van der Waals surface area contributed by atoms with Crippen molar-refractivity contribution in [3.8, 4) is 17.2 Å². The molecule has 33 heavy (non-hydrogen) atoms. The number of aromatic nitrogens is 1. The Labute approximate surface area is 193 Å². The zero-order valence-corrected chi connectivity index (χ0v) is 18.6. The minimum atomic E-state index is -0.275. The lowest BCUT2D eigenvalue weighted by atomic mass is 10.2. The first-order valence-corrected chi connectivity index (χ1v) is 10.7. The molecular weight excluding hydrogens is 416 g/mol. The molecule has 0 aliphatic carbocycles. The van der Waals surface area contributed by atoms with Gasteiger partial charge in [0.1, 0.15) is 12.0 Å². The number of nitrogens with one attached hydrogen (secondary N) is 2. The smallest absolute Gasteiger partial charge is 0.319 e.